The van der Waals surface area contributed by atoms with E-state index >= 15 is 0 Å². The molecule has 0 aromatic rings. The first-order valence-corrected chi connectivity index (χ1v) is 13.7. The SMILES string of the molecule is C=C(C)[C@@H]1CC[C@]2(C)[C@H](CC=C3[C@@H]4[C@@H](C)[C@H](C)C(=O)C[C@]4(C)CC[C@]32C)[C@@]1(C)CCC(=O)OC. The summed E-state index contributed by atoms with van der Waals surface area (Å²) < 4.78 is 5.05. The average Bonchev–Trinajstić information content (AvgIpc) is 2.76. The number of Topliss-reactive ketones (excluding diaryl/α,β-unsaturated/α-hetero) is 1. The first kappa shape index (κ1) is 25.7. The monoisotopic (exact) mass is 468 g/mol. The van der Waals surface area contributed by atoms with Crippen LogP contribution in [0.2, 0.25) is 0 Å². The number of rotatable bonds is 4. The van der Waals surface area contributed by atoms with Gasteiger partial charge < -0.3 is 4.74 Å². The minimum Gasteiger partial charge on any atom is -0.469 e. The molecule has 0 unspecified atom stereocenters. The average molecular weight is 469 g/mol. The molecule has 0 radical (unpaired) electrons. The maximum atomic E-state index is 12.9. The number of hydrogen-bond donors (Lipinski definition) is 0. The van der Waals surface area contributed by atoms with Gasteiger partial charge >= 0.3 is 5.97 Å². The highest BCUT2D eigenvalue weighted by Crippen LogP contribution is 2.73. The molecule has 3 nitrogen and oxygen atoms in total. The van der Waals surface area contributed by atoms with Gasteiger partial charge in [0.25, 0.3) is 0 Å². The van der Waals surface area contributed by atoms with Crippen molar-refractivity contribution >= 4 is 11.8 Å². The lowest BCUT2D eigenvalue weighted by atomic mass is 9.35. The molecule has 0 amide bonds. The maximum Gasteiger partial charge on any atom is 0.305 e. The van der Waals surface area contributed by atoms with Gasteiger partial charge in [-0.05, 0) is 90.8 Å². The van der Waals surface area contributed by atoms with E-state index in [-0.39, 0.29) is 33.5 Å². The lowest BCUT2D eigenvalue weighted by molar-refractivity contribution is -0.156. The first-order chi connectivity index (χ1) is 15.7. The summed E-state index contributed by atoms with van der Waals surface area (Å²) in [4.78, 5) is 25.1. The molecule has 3 fully saturated rings. The van der Waals surface area contributed by atoms with Crippen LogP contribution >= 0.6 is 0 Å². The number of ketones is 1. The fourth-order valence-corrected chi connectivity index (χ4v) is 9.76. The van der Waals surface area contributed by atoms with Gasteiger partial charge in [0.2, 0.25) is 0 Å². The summed E-state index contributed by atoms with van der Waals surface area (Å²) in [5.74, 6) is 2.36. The molecule has 0 heterocycles. The molecule has 34 heavy (non-hydrogen) atoms. The summed E-state index contributed by atoms with van der Waals surface area (Å²) in [6.45, 7) is 21.0. The highest BCUT2D eigenvalue weighted by atomic mass is 16.5. The van der Waals surface area contributed by atoms with E-state index in [2.05, 4.69) is 61.1 Å². The molecule has 0 aliphatic heterocycles. The third-order valence-corrected chi connectivity index (χ3v) is 12.2. The van der Waals surface area contributed by atoms with Gasteiger partial charge in [0.1, 0.15) is 5.78 Å². The van der Waals surface area contributed by atoms with Gasteiger partial charge in [0.05, 0.1) is 7.11 Å². The normalized spacial score (nSPS) is 48.2. The molecule has 4 aliphatic carbocycles. The molecular formula is C31H48O3. The summed E-state index contributed by atoms with van der Waals surface area (Å²) in [6.07, 6.45) is 10.4. The molecule has 0 bridgehead atoms. The summed E-state index contributed by atoms with van der Waals surface area (Å²) in [5, 5.41) is 0. The van der Waals surface area contributed by atoms with Crippen molar-refractivity contribution in [3.8, 4) is 0 Å². The van der Waals surface area contributed by atoms with Crippen LogP contribution in [0.3, 0.4) is 0 Å². The molecule has 0 aromatic carbocycles. The maximum absolute atomic E-state index is 12.9. The van der Waals surface area contributed by atoms with Crippen LogP contribution in [0.5, 0.6) is 0 Å². The van der Waals surface area contributed by atoms with Crippen molar-refractivity contribution in [2.45, 2.75) is 99.8 Å². The first-order valence-electron chi connectivity index (χ1n) is 13.7. The Morgan fingerprint density at radius 1 is 1.15 bits per heavy atom. The van der Waals surface area contributed by atoms with Gasteiger partial charge in [0, 0.05) is 18.8 Å². The largest absolute Gasteiger partial charge is 0.469 e. The quantitative estimate of drug-likeness (QED) is 0.316. The predicted octanol–water partition coefficient (Wildman–Crippen LogP) is 7.55. The third-order valence-electron chi connectivity index (χ3n) is 12.2. The lowest BCUT2D eigenvalue weighted by Gasteiger charge is -2.69. The van der Waals surface area contributed by atoms with E-state index in [1.165, 1.54) is 19.1 Å². The van der Waals surface area contributed by atoms with E-state index in [0.717, 1.165) is 38.5 Å². The van der Waals surface area contributed by atoms with Crippen LogP contribution in [-0.2, 0) is 14.3 Å². The Morgan fingerprint density at radius 2 is 1.82 bits per heavy atom. The number of carbonyl (C=O) groups excluding carboxylic acids is 2. The van der Waals surface area contributed by atoms with E-state index < -0.39 is 0 Å². The summed E-state index contributed by atoms with van der Waals surface area (Å²) in [6, 6.07) is 0. The molecule has 3 saturated carbocycles. The zero-order valence-electron chi connectivity index (χ0n) is 23.1. The van der Waals surface area contributed by atoms with Gasteiger partial charge in [-0.2, -0.15) is 0 Å². The van der Waals surface area contributed by atoms with Gasteiger partial charge in [0.15, 0.2) is 0 Å². The third kappa shape index (κ3) is 3.42. The van der Waals surface area contributed by atoms with E-state index in [1.807, 2.05) is 0 Å². The molecule has 4 rings (SSSR count). The number of esters is 1. The van der Waals surface area contributed by atoms with E-state index in [4.69, 9.17) is 4.74 Å². The summed E-state index contributed by atoms with van der Waals surface area (Å²) in [7, 11) is 1.50. The zero-order valence-corrected chi connectivity index (χ0v) is 23.1. The Kier molecular flexibility index (Phi) is 6.31. The van der Waals surface area contributed by atoms with Gasteiger partial charge in [-0.15, -0.1) is 0 Å². The molecule has 0 aromatic heterocycles. The molecule has 0 saturated heterocycles. The standard InChI is InChI=1S/C31H48O3/c1-19(2)22-12-15-31(8)25(29(22,6)14-13-26(33)34-9)11-10-23-27-21(4)20(3)24(32)18-28(27,5)16-17-30(23,31)7/h10,20-22,25,27H,1,11-18H2,2-9H3/t20-,21-,22-,25+,27-,28-,29-,30+,31+/m0/s1. The van der Waals surface area contributed by atoms with Gasteiger partial charge in [-0.25, -0.2) is 0 Å². The van der Waals surface area contributed by atoms with Crippen molar-refractivity contribution in [1.82, 2.24) is 0 Å². The lowest BCUT2D eigenvalue weighted by Crippen LogP contribution is -2.62. The fourth-order valence-electron chi connectivity index (χ4n) is 9.76. The smallest absolute Gasteiger partial charge is 0.305 e. The highest BCUT2D eigenvalue weighted by Gasteiger charge is 2.66. The number of allylic oxidation sites excluding steroid dienone is 3. The van der Waals surface area contributed by atoms with Crippen molar-refractivity contribution in [2.24, 2.45) is 51.2 Å². The number of methoxy groups -OCH3 is 1. The minimum absolute atomic E-state index is 0.0280. The van der Waals surface area contributed by atoms with Crippen molar-refractivity contribution in [3.05, 3.63) is 23.8 Å². The van der Waals surface area contributed by atoms with Crippen LogP contribution in [0.1, 0.15) is 99.8 Å². The van der Waals surface area contributed by atoms with Crippen LogP contribution in [-0.4, -0.2) is 18.9 Å². The fraction of sp³-hybridized carbons (Fsp3) is 0.806. The molecule has 9 atom stereocenters. The van der Waals surface area contributed by atoms with Crippen molar-refractivity contribution in [1.29, 1.82) is 0 Å². The summed E-state index contributed by atoms with van der Waals surface area (Å²) >= 11 is 0. The Balaban J connectivity index is 1.79. The van der Waals surface area contributed by atoms with Gasteiger partial charge in [-0.1, -0.05) is 65.3 Å². The molecule has 0 N–H and O–H groups in total. The second-order valence-electron chi connectivity index (χ2n) is 13.6. The van der Waals surface area contributed by atoms with Gasteiger partial charge in [-0.3, -0.25) is 9.59 Å². The Labute approximate surface area is 208 Å². The van der Waals surface area contributed by atoms with E-state index in [1.54, 1.807) is 5.57 Å². The number of hydrogen-bond acceptors (Lipinski definition) is 3. The van der Waals surface area contributed by atoms with E-state index in [0.29, 0.717) is 35.9 Å². The highest BCUT2D eigenvalue weighted by molar-refractivity contribution is 5.83. The topological polar surface area (TPSA) is 43.4 Å². The van der Waals surface area contributed by atoms with Crippen molar-refractivity contribution in [2.75, 3.05) is 7.11 Å². The van der Waals surface area contributed by atoms with Crippen LogP contribution in [0.15, 0.2) is 23.8 Å². The van der Waals surface area contributed by atoms with E-state index in [9.17, 15) is 9.59 Å². The van der Waals surface area contributed by atoms with Crippen LogP contribution < -0.4 is 0 Å². The number of ether oxygens (including phenoxy) is 1. The van der Waals surface area contributed by atoms with Crippen LogP contribution in [0.4, 0.5) is 0 Å². The predicted molar refractivity (Wildman–Crippen MR) is 138 cm³/mol. The molecule has 3 heteroatoms. The Morgan fingerprint density at radius 3 is 2.44 bits per heavy atom. The summed E-state index contributed by atoms with van der Waals surface area (Å²) in [5.41, 5.74) is 3.37. The number of carbonyl (C=O) groups is 2. The minimum atomic E-state index is -0.102. The second kappa shape index (κ2) is 8.34. The Hall–Kier alpha value is -1.38. The molecular weight excluding hydrogens is 420 g/mol. The Bertz CT molecular complexity index is 916. The molecule has 0 spiro atoms. The van der Waals surface area contributed by atoms with Crippen molar-refractivity contribution in [3.63, 3.8) is 0 Å². The molecule has 4 aliphatic rings. The second-order valence-corrected chi connectivity index (χ2v) is 13.6. The van der Waals surface area contributed by atoms with Crippen LogP contribution in [0.25, 0.3) is 0 Å². The number of fused-ring (bicyclic) bond motifs is 5. The molecule has 190 valence electrons. The van der Waals surface area contributed by atoms with Crippen LogP contribution in [0, 0.1) is 51.2 Å². The van der Waals surface area contributed by atoms with Crippen molar-refractivity contribution < 1.29 is 14.3 Å². The zero-order chi connectivity index (χ0) is 25.3.